The van der Waals surface area contributed by atoms with Gasteiger partial charge in [0, 0.05) is 38.2 Å². The molecular weight excluding hydrogens is 685 g/mol. The predicted octanol–water partition coefficient (Wildman–Crippen LogP) is 13.3. The zero-order chi connectivity index (χ0) is 36.7. The monoisotopic (exact) mass is 714 g/mol. The SMILES string of the molecule is c1ccc2cc3c(cc2c1)c1ccccc1n3-c1cc(-c2nc(-c3cccc4ccccc34)nc(-c3cccc4ccccc34)n2)cc2c1oc1ccccc12. The number of rotatable bonds is 4. The number of para-hydroxylation sites is 2. The van der Waals surface area contributed by atoms with Crippen molar-refractivity contribution in [3.8, 4) is 39.9 Å². The maximum absolute atomic E-state index is 6.79. The smallest absolute Gasteiger partial charge is 0.164 e. The molecule has 0 aliphatic carbocycles. The summed E-state index contributed by atoms with van der Waals surface area (Å²) in [7, 11) is 0. The fraction of sp³-hybridized carbons (Fsp3) is 0. The van der Waals surface area contributed by atoms with Crippen LogP contribution < -0.4 is 0 Å². The van der Waals surface area contributed by atoms with Gasteiger partial charge >= 0.3 is 0 Å². The van der Waals surface area contributed by atoms with Crippen molar-refractivity contribution in [2.24, 2.45) is 0 Å². The fourth-order valence-corrected chi connectivity index (χ4v) is 8.61. The molecule has 0 bridgehead atoms. The minimum atomic E-state index is 0.588. The highest BCUT2D eigenvalue weighted by atomic mass is 16.3. The molecule has 5 heteroatoms. The molecule has 56 heavy (non-hydrogen) atoms. The van der Waals surface area contributed by atoms with E-state index in [9.17, 15) is 0 Å². The summed E-state index contributed by atoms with van der Waals surface area (Å²) in [6, 6.07) is 63.9. The van der Waals surface area contributed by atoms with Gasteiger partial charge in [0.05, 0.1) is 16.7 Å². The van der Waals surface area contributed by atoms with Crippen molar-refractivity contribution < 1.29 is 4.42 Å². The van der Waals surface area contributed by atoms with E-state index in [1.54, 1.807) is 0 Å². The van der Waals surface area contributed by atoms with Gasteiger partial charge in [0.15, 0.2) is 23.1 Å². The second-order valence-electron chi connectivity index (χ2n) is 14.4. The first-order chi connectivity index (χ1) is 27.7. The lowest BCUT2D eigenvalue weighted by atomic mass is 10.0. The van der Waals surface area contributed by atoms with Crippen LogP contribution in [0.4, 0.5) is 0 Å². The van der Waals surface area contributed by atoms with Gasteiger partial charge in [0.2, 0.25) is 0 Å². The summed E-state index contributed by atoms with van der Waals surface area (Å²) in [5.74, 6) is 1.83. The third-order valence-corrected chi connectivity index (χ3v) is 11.2. The Morgan fingerprint density at radius 3 is 1.59 bits per heavy atom. The number of benzene rings is 9. The van der Waals surface area contributed by atoms with Gasteiger partial charge in [0.25, 0.3) is 0 Å². The number of hydrogen-bond acceptors (Lipinski definition) is 4. The van der Waals surface area contributed by atoms with E-state index in [1.165, 1.54) is 21.5 Å². The van der Waals surface area contributed by atoms with Gasteiger partial charge in [-0.05, 0) is 68.7 Å². The fourth-order valence-electron chi connectivity index (χ4n) is 8.61. The summed E-state index contributed by atoms with van der Waals surface area (Å²) in [5, 5.41) is 11.2. The lowest BCUT2D eigenvalue weighted by Crippen LogP contribution is -2.02. The predicted molar refractivity (Wildman–Crippen MR) is 230 cm³/mol. The second kappa shape index (κ2) is 11.9. The van der Waals surface area contributed by atoms with Crippen LogP contribution in [0, 0.1) is 0 Å². The summed E-state index contributed by atoms with van der Waals surface area (Å²) in [6.07, 6.45) is 0. The molecule has 0 saturated heterocycles. The van der Waals surface area contributed by atoms with Crippen LogP contribution in [0.1, 0.15) is 0 Å². The third-order valence-electron chi connectivity index (χ3n) is 11.2. The van der Waals surface area contributed by atoms with Crippen LogP contribution in [0.25, 0.3) is 116 Å². The molecule has 0 unspecified atom stereocenters. The number of nitrogens with zero attached hydrogens (tertiary/aromatic N) is 4. The van der Waals surface area contributed by atoms with Crippen LogP contribution in [0.15, 0.2) is 186 Å². The second-order valence-corrected chi connectivity index (χ2v) is 14.4. The maximum Gasteiger partial charge on any atom is 0.164 e. The molecule has 0 saturated carbocycles. The molecule has 260 valence electrons. The van der Waals surface area contributed by atoms with E-state index in [-0.39, 0.29) is 0 Å². The van der Waals surface area contributed by atoms with Crippen LogP contribution in [0.5, 0.6) is 0 Å². The molecule has 12 aromatic rings. The summed E-state index contributed by atoms with van der Waals surface area (Å²) < 4.78 is 9.14. The quantitative estimate of drug-likeness (QED) is 0.182. The summed E-state index contributed by atoms with van der Waals surface area (Å²) in [6.45, 7) is 0. The van der Waals surface area contributed by atoms with E-state index >= 15 is 0 Å². The highest BCUT2D eigenvalue weighted by molar-refractivity contribution is 6.16. The Labute approximate surface area is 320 Å². The van der Waals surface area contributed by atoms with Crippen molar-refractivity contribution in [3.05, 3.63) is 182 Å². The van der Waals surface area contributed by atoms with E-state index in [0.717, 1.165) is 76.9 Å². The Bertz CT molecular complexity index is 3450. The van der Waals surface area contributed by atoms with Crippen molar-refractivity contribution in [3.63, 3.8) is 0 Å². The van der Waals surface area contributed by atoms with E-state index in [0.29, 0.717) is 17.5 Å². The Morgan fingerprint density at radius 1 is 0.357 bits per heavy atom. The van der Waals surface area contributed by atoms with Gasteiger partial charge in [0.1, 0.15) is 5.58 Å². The van der Waals surface area contributed by atoms with Crippen molar-refractivity contribution in [1.29, 1.82) is 0 Å². The molecule has 0 aliphatic rings. The first-order valence-corrected chi connectivity index (χ1v) is 18.9. The van der Waals surface area contributed by atoms with Crippen LogP contribution in [-0.2, 0) is 0 Å². The number of furan rings is 1. The summed E-state index contributed by atoms with van der Waals surface area (Å²) in [5.41, 5.74) is 7.55. The molecule has 9 aromatic carbocycles. The Hall–Kier alpha value is -7.63. The first kappa shape index (κ1) is 30.8. The average molecular weight is 715 g/mol. The van der Waals surface area contributed by atoms with Crippen molar-refractivity contribution in [2.45, 2.75) is 0 Å². The molecule has 0 spiro atoms. The van der Waals surface area contributed by atoms with E-state index in [1.807, 2.05) is 12.1 Å². The molecule has 3 aromatic heterocycles. The molecule has 3 heterocycles. The topological polar surface area (TPSA) is 56.7 Å². The van der Waals surface area contributed by atoms with Gasteiger partial charge in [-0.25, -0.2) is 15.0 Å². The Morgan fingerprint density at radius 2 is 0.893 bits per heavy atom. The Balaban J connectivity index is 1.20. The minimum absolute atomic E-state index is 0.588. The van der Waals surface area contributed by atoms with Crippen molar-refractivity contribution in [2.75, 3.05) is 0 Å². The zero-order valence-corrected chi connectivity index (χ0v) is 30.0. The van der Waals surface area contributed by atoms with E-state index in [2.05, 4.69) is 174 Å². The molecule has 0 amide bonds. The van der Waals surface area contributed by atoms with Gasteiger partial charge < -0.3 is 8.98 Å². The third kappa shape index (κ3) is 4.64. The lowest BCUT2D eigenvalue weighted by Gasteiger charge is -2.14. The molecule has 0 N–H and O–H groups in total. The highest BCUT2D eigenvalue weighted by Gasteiger charge is 2.22. The largest absolute Gasteiger partial charge is 0.454 e. The van der Waals surface area contributed by atoms with Crippen LogP contribution >= 0.6 is 0 Å². The summed E-state index contributed by atoms with van der Waals surface area (Å²) >= 11 is 0. The number of fused-ring (bicyclic) bond motifs is 9. The molecule has 0 aliphatic heterocycles. The Kier molecular flexibility index (Phi) is 6.56. The van der Waals surface area contributed by atoms with Crippen LogP contribution in [0.3, 0.4) is 0 Å². The first-order valence-electron chi connectivity index (χ1n) is 18.9. The summed E-state index contributed by atoms with van der Waals surface area (Å²) in [4.78, 5) is 15.9. The van der Waals surface area contributed by atoms with Crippen LogP contribution in [-0.4, -0.2) is 19.5 Å². The number of aromatic nitrogens is 4. The lowest BCUT2D eigenvalue weighted by molar-refractivity contribution is 0.666. The molecular formula is C51H30N4O. The van der Waals surface area contributed by atoms with Gasteiger partial charge in [-0.1, -0.05) is 146 Å². The van der Waals surface area contributed by atoms with Crippen LogP contribution in [0.2, 0.25) is 0 Å². The van der Waals surface area contributed by atoms with Gasteiger partial charge in [-0.15, -0.1) is 0 Å². The molecule has 0 radical (unpaired) electrons. The minimum Gasteiger partial charge on any atom is -0.454 e. The molecule has 0 fully saturated rings. The molecule has 5 nitrogen and oxygen atoms in total. The average Bonchev–Trinajstić information content (AvgIpc) is 3.80. The standard InChI is InChI=1S/C51H30N4O/c1-2-16-34-29-45-42(27-33(34)15-1)38-21-7-9-25-44(38)55(45)46-30-35(28-43-39-22-8-10-26-47(39)56-48(43)46)49-52-50(40-23-11-17-31-13-3-5-19-36(31)40)54-51(53-49)41-24-12-18-32-14-4-6-20-37(32)41/h1-30H. The highest BCUT2D eigenvalue weighted by Crippen LogP contribution is 2.42. The normalized spacial score (nSPS) is 11.9. The van der Waals surface area contributed by atoms with Crippen molar-refractivity contribution >= 4 is 76.1 Å². The number of hydrogen-bond donors (Lipinski definition) is 0. The van der Waals surface area contributed by atoms with Crippen molar-refractivity contribution in [1.82, 2.24) is 19.5 Å². The molecule has 0 atom stereocenters. The van der Waals surface area contributed by atoms with E-state index in [4.69, 9.17) is 19.4 Å². The zero-order valence-electron chi connectivity index (χ0n) is 30.0. The van der Waals surface area contributed by atoms with E-state index < -0.39 is 0 Å². The van der Waals surface area contributed by atoms with Gasteiger partial charge in [-0.2, -0.15) is 0 Å². The maximum atomic E-state index is 6.79. The van der Waals surface area contributed by atoms with Gasteiger partial charge in [-0.3, -0.25) is 0 Å². The molecule has 12 rings (SSSR count).